The molecule has 262 valence electrons. The van der Waals surface area contributed by atoms with Crippen LogP contribution in [0.2, 0.25) is 0 Å². The van der Waals surface area contributed by atoms with E-state index in [2.05, 4.69) is 144 Å². The van der Waals surface area contributed by atoms with E-state index in [1.54, 1.807) is 0 Å². The molecule has 8 aromatic carbocycles. The quantitative estimate of drug-likeness (QED) is 0.172. The van der Waals surface area contributed by atoms with Gasteiger partial charge in [-0.25, -0.2) is 15.0 Å². The first-order valence-electron chi connectivity index (χ1n) is 18.8. The van der Waals surface area contributed by atoms with E-state index in [1.807, 2.05) is 54.6 Å². The first kappa shape index (κ1) is 31.9. The van der Waals surface area contributed by atoms with Crippen LogP contribution in [0.15, 0.2) is 199 Å². The molecule has 0 spiro atoms. The van der Waals surface area contributed by atoms with Crippen LogP contribution >= 0.6 is 0 Å². The summed E-state index contributed by atoms with van der Waals surface area (Å²) in [6.45, 7) is 0. The van der Waals surface area contributed by atoms with Crippen LogP contribution in [0.3, 0.4) is 0 Å². The highest BCUT2D eigenvalue weighted by Gasteiger charge is 2.19. The van der Waals surface area contributed by atoms with Crippen LogP contribution in [0.1, 0.15) is 0 Å². The molecule has 0 atom stereocenters. The van der Waals surface area contributed by atoms with E-state index < -0.39 is 0 Å². The summed E-state index contributed by atoms with van der Waals surface area (Å²) in [4.78, 5) is 15.1. The molecular formula is C51H32N4O. The second-order valence-electron chi connectivity index (χ2n) is 14.0. The molecule has 3 aromatic heterocycles. The summed E-state index contributed by atoms with van der Waals surface area (Å²) >= 11 is 0. The third-order valence-electron chi connectivity index (χ3n) is 10.7. The van der Waals surface area contributed by atoms with Crippen LogP contribution in [-0.2, 0) is 0 Å². The Morgan fingerprint density at radius 3 is 1.62 bits per heavy atom. The van der Waals surface area contributed by atoms with E-state index in [9.17, 15) is 0 Å². The predicted octanol–water partition coefficient (Wildman–Crippen LogP) is 13.2. The molecule has 0 bridgehead atoms. The molecule has 0 saturated heterocycles. The van der Waals surface area contributed by atoms with Gasteiger partial charge < -0.3 is 8.98 Å². The molecule has 5 nitrogen and oxygen atoms in total. The maximum absolute atomic E-state index is 6.50. The summed E-state index contributed by atoms with van der Waals surface area (Å²) in [5.41, 5.74) is 12.4. The van der Waals surface area contributed by atoms with Gasteiger partial charge in [0.25, 0.3) is 0 Å². The minimum Gasteiger partial charge on any atom is -0.456 e. The third-order valence-corrected chi connectivity index (χ3v) is 10.7. The van der Waals surface area contributed by atoms with Crippen molar-refractivity contribution in [3.05, 3.63) is 194 Å². The van der Waals surface area contributed by atoms with Crippen molar-refractivity contribution in [2.75, 3.05) is 0 Å². The smallest absolute Gasteiger partial charge is 0.164 e. The summed E-state index contributed by atoms with van der Waals surface area (Å²) < 4.78 is 8.85. The monoisotopic (exact) mass is 716 g/mol. The molecule has 56 heavy (non-hydrogen) atoms. The Hall–Kier alpha value is -7.63. The van der Waals surface area contributed by atoms with Crippen molar-refractivity contribution in [1.82, 2.24) is 19.5 Å². The van der Waals surface area contributed by atoms with Crippen molar-refractivity contribution < 1.29 is 4.42 Å². The predicted molar refractivity (Wildman–Crippen MR) is 229 cm³/mol. The van der Waals surface area contributed by atoms with Crippen LogP contribution in [0.25, 0.3) is 106 Å². The van der Waals surface area contributed by atoms with Gasteiger partial charge in [0.15, 0.2) is 17.5 Å². The lowest BCUT2D eigenvalue weighted by Crippen LogP contribution is -2.00. The van der Waals surface area contributed by atoms with Gasteiger partial charge in [0.05, 0.1) is 11.0 Å². The Morgan fingerprint density at radius 2 is 0.875 bits per heavy atom. The second-order valence-corrected chi connectivity index (χ2v) is 14.0. The van der Waals surface area contributed by atoms with Crippen molar-refractivity contribution in [1.29, 1.82) is 0 Å². The van der Waals surface area contributed by atoms with Gasteiger partial charge in [-0.2, -0.15) is 0 Å². The van der Waals surface area contributed by atoms with Crippen LogP contribution in [0.4, 0.5) is 0 Å². The molecule has 3 heterocycles. The summed E-state index contributed by atoms with van der Waals surface area (Å²) in [5, 5.41) is 4.49. The average molecular weight is 717 g/mol. The molecule has 0 aliphatic carbocycles. The number of aromatic nitrogens is 4. The number of nitrogens with zero attached hydrogens (tertiary/aromatic N) is 4. The van der Waals surface area contributed by atoms with Gasteiger partial charge >= 0.3 is 0 Å². The fraction of sp³-hybridized carbons (Fsp3) is 0. The van der Waals surface area contributed by atoms with Crippen molar-refractivity contribution in [3.8, 4) is 62.1 Å². The van der Waals surface area contributed by atoms with E-state index >= 15 is 0 Å². The standard InChI is InChI=1S/C51H32N4O/c1-4-13-33(14-5-1)34-23-25-36(26-24-34)50-52-49(35-15-6-2-7-16-35)53-51(54-50)38-28-30-46-43(32-38)48-40(20-12-22-47(48)56-46)37-27-29-45-42(31-37)41-19-10-11-21-44(41)55(45)39-17-8-3-9-18-39/h1-32H. The lowest BCUT2D eigenvalue weighted by molar-refractivity contribution is 0.669. The molecule has 0 N–H and O–H groups in total. The van der Waals surface area contributed by atoms with Gasteiger partial charge in [-0.05, 0) is 76.9 Å². The zero-order valence-electron chi connectivity index (χ0n) is 30.2. The van der Waals surface area contributed by atoms with E-state index in [1.165, 1.54) is 27.4 Å². The van der Waals surface area contributed by atoms with Crippen molar-refractivity contribution in [2.24, 2.45) is 0 Å². The average Bonchev–Trinajstić information content (AvgIpc) is 3.82. The zero-order chi connectivity index (χ0) is 37.0. The first-order valence-corrected chi connectivity index (χ1v) is 18.8. The summed E-state index contributed by atoms with van der Waals surface area (Å²) in [6, 6.07) is 67.4. The fourth-order valence-electron chi connectivity index (χ4n) is 7.99. The number of para-hydroxylation sites is 2. The Labute approximate surface area is 322 Å². The molecule has 0 unspecified atom stereocenters. The van der Waals surface area contributed by atoms with Gasteiger partial charge in [-0.1, -0.05) is 140 Å². The topological polar surface area (TPSA) is 56.7 Å². The van der Waals surface area contributed by atoms with E-state index in [0.29, 0.717) is 17.5 Å². The summed E-state index contributed by atoms with van der Waals surface area (Å²) in [6.07, 6.45) is 0. The van der Waals surface area contributed by atoms with Crippen LogP contribution in [0, 0.1) is 0 Å². The van der Waals surface area contributed by atoms with Crippen molar-refractivity contribution in [2.45, 2.75) is 0 Å². The molecule has 5 heteroatoms. The normalized spacial score (nSPS) is 11.6. The minimum atomic E-state index is 0.602. The molecule has 0 fully saturated rings. The number of furan rings is 1. The van der Waals surface area contributed by atoms with Crippen LogP contribution in [-0.4, -0.2) is 19.5 Å². The van der Waals surface area contributed by atoms with Gasteiger partial charge in [0.2, 0.25) is 0 Å². The number of rotatable bonds is 6. The molecule has 11 aromatic rings. The van der Waals surface area contributed by atoms with E-state index in [0.717, 1.165) is 61.0 Å². The van der Waals surface area contributed by atoms with Crippen molar-refractivity contribution in [3.63, 3.8) is 0 Å². The maximum Gasteiger partial charge on any atom is 0.164 e. The molecular weight excluding hydrogens is 685 g/mol. The highest BCUT2D eigenvalue weighted by Crippen LogP contribution is 2.41. The fourth-order valence-corrected chi connectivity index (χ4v) is 7.99. The molecule has 11 rings (SSSR count). The van der Waals surface area contributed by atoms with E-state index in [4.69, 9.17) is 19.4 Å². The van der Waals surface area contributed by atoms with E-state index in [-0.39, 0.29) is 0 Å². The zero-order valence-corrected chi connectivity index (χ0v) is 30.2. The summed E-state index contributed by atoms with van der Waals surface area (Å²) in [7, 11) is 0. The SMILES string of the molecule is c1ccc(-c2ccc(-c3nc(-c4ccccc4)nc(-c4ccc5oc6cccc(-c7ccc8c(c7)c7ccccc7n8-c7ccccc7)c6c5c4)n3)cc2)cc1. The Bertz CT molecular complexity index is 3220. The molecule has 0 aliphatic heterocycles. The number of hydrogen-bond donors (Lipinski definition) is 0. The number of benzene rings is 8. The van der Waals surface area contributed by atoms with Gasteiger partial charge in [-0.3, -0.25) is 0 Å². The largest absolute Gasteiger partial charge is 0.456 e. The highest BCUT2D eigenvalue weighted by atomic mass is 16.3. The minimum absolute atomic E-state index is 0.602. The Balaban J connectivity index is 1.06. The Kier molecular flexibility index (Phi) is 7.42. The lowest BCUT2D eigenvalue weighted by Gasteiger charge is -2.10. The lowest BCUT2D eigenvalue weighted by atomic mass is 9.97. The van der Waals surface area contributed by atoms with Crippen molar-refractivity contribution >= 4 is 43.7 Å². The number of fused-ring (bicyclic) bond motifs is 6. The van der Waals surface area contributed by atoms with Gasteiger partial charge in [0.1, 0.15) is 11.2 Å². The van der Waals surface area contributed by atoms with Gasteiger partial charge in [-0.15, -0.1) is 0 Å². The van der Waals surface area contributed by atoms with Crippen LogP contribution < -0.4 is 0 Å². The van der Waals surface area contributed by atoms with Gasteiger partial charge in [0, 0.05) is 43.9 Å². The molecule has 0 saturated carbocycles. The second kappa shape index (κ2) is 13.0. The first-order chi connectivity index (χ1) is 27.7. The Morgan fingerprint density at radius 1 is 0.339 bits per heavy atom. The third kappa shape index (κ3) is 5.37. The molecule has 0 aliphatic rings. The van der Waals surface area contributed by atoms with Crippen LogP contribution in [0.5, 0.6) is 0 Å². The summed E-state index contributed by atoms with van der Waals surface area (Å²) in [5.74, 6) is 1.85. The number of hydrogen-bond acceptors (Lipinski definition) is 4. The molecule has 0 amide bonds. The highest BCUT2D eigenvalue weighted by molar-refractivity contribution is 6.15. The molecule has 0 radical (unpaired) electrons. The maximum atomic E-state index is 6.50.